The first-order valence-electron chi connectivity index (χ1n) is 9.29. The lowest BCUT2D eigenvalue weighted by atomic mass is 10.1. The molecule has 164 valence electrons. The van der Waals surface area contributed by atoms with Gasteiger partial charge >= 0.3 is 6.18 Å². The summed E-state index contributed by atoms with van der Waals surface area (Å²) < 4.78 is 42.5. The van der Waals surface area contributed by atoms with Crippen molar-refractivity contribution >= 4 is 29.1 Å². The molecule has 0 aliphatic rings. The Bertz CT molecular complexity index is 1100. The van der Waals surface area contributed by atoms with Crippen LogP contribution >= 0.6 is 23.4 Å². The molecule has 0 spiro atoms. The molecule has 0 radical (unpaired) electrons. The monoisotopic (exact) mass is 470 g/mol. The van der Waals surface area contributed by atoms with Crippen molar-refractivity contribution in [2.24, 2.45) is 5.92 Å². The molecule has 0 aliphatic carbocycles. The molecule has 0 bridgehead atoms. The Morgan fingerprint density at radius 2 is 1.90 bits per heavy atom. The van der Waals surface area contributed by atoms with E-state index in [1.54, 1.807) is 28.8 Å². The summed E-state index contributed by atoms with van der Waals surface area (Å²) in [6, 6.07) is 9.68. The Hall–Kier alpha value is -2.59. The number of alkyl halides is 3. The maximum atomic E-state index is 13.6. The third-order valence-electron chi connectivity index (χ3n) is 4.44. The van der Waals surface area contributed by atoms with Gasteiger partial charge in [0.2, 0.25) is 0 Å². The highest BCUT2D eigenvalue weighted by atomic mass is 35.5. The van der Waals surface area contributed by atoms with Crippen LogP contribution in [0.15, 0.2) is 52.5 Å². The molecule has 0 saturated carbocycles. The van der Waals surface area contributed by atoms with Crippen LogP contribution < -0.4 is 0 Å². The predicted molar refractivity (Wildman–Crippen MR) is 112 cm³/mol. The molecule has 0 atom stereocenters. The highest BCUT2D eigenvalue weighted by Gasteiger charge is 2.36. The van der Waals surface area contributed by atoms with Gasteiger partial charge in [0, 0.05) is 29.1 Å². The highest BCUT2D eigenvalue weighted by molar-refractivity contribution is 7.99. The van der Waals surface area contributed by atoms with Crippen LogP contribution in [0.2, 0.25) is 5.02 Å². The highest BCUT2D eigenvalue weighted by Crippen LogP contribution is 2.41. The SMILES string of the molecule is CC(C)CCn1c(Sc2ccc([N+](=O)[O-])cc2C(F)(F)F)nnc1-c1ccccc1Cl. The lowest BCUT2D eigenvalue weighted by Gasteiger charge is -2.14. The van der Waals surface area contributed by atoms with Crippen LogP contribution in [0.4, 0.5) is 18.9 Å². The van der Waals surface area contributed by atoms with Gasteiger partial charge in [0.1, 0.15) is 0 Å². The van der Waals surface area contributed by atoms with E-state index in [9.17, 15) is 23.3 Å². The second-order valence-corrected chi connectivity index (χ2v) is 8.57. The fraction of sp³-hybridized carbons (Fsp3) is 0.300. The van der Waals surface area contributed by atoms with E-state index in [4.69, 9.17) is 11.6 Å². The van der Waals surface area contributed by atoms with Crippen LogP contribution in [0.1, 0.15) is 25.8 Å². The quantitative estimate of drug-likeness (QED) is 0.283. The van der Waals surface area contributed by atoms with E-state index in [-0.39, 0.29) is 10.1 Å². The summed E-state index contributed by atoms with van der Waals surface area (Å²) in [5.74, 6) is 0.786. The zero-order chi connectivity index (χ0) is 22.8. The fourth-order valence-corrected chi connectivity index (χ4v) is 4.04. The number of halogens is 4. The van der Waals surface area contributed by atoms with E-state index in [1.807, 2.05) is 13.8 Å². The predicted octanol–water partition coefficient (Wildman–Crippen LogP) is 6.72. The molecule has 0 N–H and O–H groups in total. The molecular formula is C20H18ClF3N4O2S. The van der Waals surface area contributed by atoms with Crippen LogP contribution in [0.5, 0.6) is 0 Å². The zero-order valence-electron chi connectivity index (χ0n) is 16.6. The van der Waals surface area contributed by atoms with E-state index in [1.165, 1.54) is 0 Å². The van der Waals surface area contributed by atoms with E-state index < -0.39 is 22.4 Å². The fourth-order valence-electron chi connectivity index (χ4n) is 2.84. The third kappa shape index (κ3) is 5.37. The normalized spacial score (nSPS) is 11.8. The van der Waals surface area contributed by atoms with Gasteiger partial charge < -0.3 is 4.57 Å². The lowest BCUT2D eigenvalue weighted by molar-refractivity contribution is -0.385. The Morgan fingerprint density at radius 3 is 2.52 bits per heavy atom. The minimum atomic E-state index is -4.76. The molecule has 3 rings (SSSR count). The maximum Gasteiger partial charge on any atom is 0.417 e. The molecule has 0 fully saturated rings. The Balaban J connectivity index is 2.08. The van der Waals surface area contributed by atoms with Crippen molar-refractivity contribution in [3.63, 3.8) is 0 Å². The largest absolute Gasteiger partial charge is 0.417 e. The number of hydrogen-bond donors (Lipinski definition) is 0. The van der Waals surface area contributed by atoms with Crippen molar-refractivity contribution in [3.05, 3.63) is 63.2 Å². The molecular weight excluding hydrogens is 453 g/mol. The van der Waals surface area contributed by atoms with Gasteiger partial charge in [-0.05, 0) is 42.3 Å². The third-order valence-corrected chi connectivity index (χ3v) is 5.83. The minimum Gasteiger partial charge on any atom is -0.302 e. The van der Waals surface area contributed by atoms with Crippen molar-refractivity contribution in [1.82, 2.24) is 14.8 Å². The Kier molecular flexibility index (Phi) is 6.90. The summed E-state index contributed by atoms with van der Waals surface area (Å²) >= 11 is 7.06. The number of nitro benzene ring substituents is 1. The summed E-state index contributed by atoms with van der Waals surface area (Å²) in [6.45, 7) is 4.54. The van der Waals surface area contributed by atoms with Crippen LogP contribution in [-0.2, 0) is 12.7 Å². The Morgan fingerprint density at radius 1 is 1.19 bits per heavy atom. The molecule has 3 aromatic rings. The van der Waals surface area contributed by atoms with Gasteiger partial charge in [0.05, 0.1) is 15.5 Å². The molecule has 1 heterocycles. The lowest BCUT2D eigenvalue weighted by Crippen LogP contribution is -2.09. The van der Waals surface area contributed by atoms with E-state index >= 15 is 0 Å². The number of aromatic nitrogens is 3. The molecule has 2 aromatic carbocycles. The number of rotatable bonds is 7. The van der Waals surface area contributed by atoms with Crippen LogP contribution in [-0.4, -0.2) is 19.7 Å². The molecule has 11 heteroatoms. The number of non-ortho nitro benzene ring substituents is 1. The van der Waals surface area contributed by atoms with Gasteiger partial charge in [-0.25, -0.2) is 0 Å². The average Bonchev–Trinajstić information content (AvgIpc) is 3.08. The summed E-state index contributed by atoms with van der Waals surface area (Å²) in [4.78, 5) is 9.89. The van der Waals surface area contributed by atoms with Gasteiger partial charge in [-0.2, -0.15) is 13.2 Å². The summed E-state index contributed by atoms with van der Waals surface area (Å²) in [5.41, 5.74) is -1.11. The minimum absolute atomic E-state index is 0.193. The van der Waals surface area contributed by atoms with Crippen molar-refractivity contribution < 1.29 is 18.1 Å². The van der Waals surface area contributed by atoms with E-state index in [2.05, 4.69) is 10.2 Å². The summed E-state index contributed by atoms with van der Waals surface area (Å²) in [7, 11) is 0. The maximum absolute atomic E-state index is 13.6. The van der Waals surface area contributed by atoms with Crippen molar-refractivity contribution in [2.45, 2.75) is 43.0 Å². The standard InChI is InChI=1S/C20H18ClF3N4O2S/c1-12(2)9-10-27-18(14-5-3-4-6-16(14)21)25-26-19(27)31-17-8-7-13(28(29)30)11-15(17)20(22,23)24/h3-8,11-12H,9-10H2,1-2H3. The summed E-state index contributed by atoms with van der Waals surface area (Å²) in [6.07, 6.45) is -4.02. The van der Waals surface area contributed by atoms with Crippen LogP contribution in [0.25, 0.3) is 11.4 Å². The van der Waals surface area contributed by atoms with Crippen molar-refractivity contribution in [3.8, 4) is 11.4 Å². The number of nitrogens with zero attached hydrogens (tertiary/aromatic N) is 4. The first-order chi connectivity index (χ1) is 14.6. The molecule has 0 saturated heterocycles. The smallest absolute Gasteiger partial charge is 0.302 e. The molecule has 31 heavy (non-hydrogen) atoms. The molecule has 6 nitrogen and oxygen atoms in total. The van der Waals surface area contributed by atoms with Gasteiger partial charge in [-0.1, -0.05) is 37.6 Å². The zero-order valence-corrected chi connectivity index (χ0v) is 18.1. The molecule has 0 aliphatic heterocycles. The van der Waals surface area contributed by atoms with E-state index in [0.717, 1.165) is 30.3 Å². The van der Waals surface area contributed by atoms with E-state index in [0.29, 0.717) is 34.9 Å². The second kappa shape index (κ2) is 9.27. The second-order valence-electron chi connectivity index (χ2n) is 7.16. The topological polar surface area (TPSA) is 73.8 Å². The van der Waals surface area contributed by atoms with Crippen LogP contribution in [0, 0.1) is 16.0 Å². The van der Waals surface area contributed by atoms with Gasteiger partial charge in [-0.15, -0.1) is 10.2 Å². The molecule has 0 amide bonds. The first kappa shape index (κ1) is 23.1. The molecule has 0 unspecified atom stereocenters. The van der Waals surface area contributed by atoms with Crippen molar-refractivity contribution in [2.75, 3.05) is 0 Å². The Labute approximate surface area is 185 Å². The van der Waals surface area contributed by atoms with Gasteiger partial charge in [-0.3, -0.25) is 10.1 Å². The number of benzene rings is 2. The average molecular weight is 471 g/mol. The number of hydrogen-bond acceptors (Lipinski definition) is 5. The summed E-state index contributed by atoms with van der Waals surface area (Å²) in [5, 5.41) is 19.9. The van der Waals surface area contributed by atoms with Gasteiger partial charge in [0.25, 0.3) is 5.69 Å². The molecule has 1 aromatic heterocycles. The van der Waals surface area contributed by atoms with Crippen molar-refractivity contribution in [1.29, 1.82) is 0 Å². The van der Waals surface area contributed by atoms with Crippen LogP contribution in [0.3, 0.4) is 0 Å². The van der Waals surface area contributed by atoms with Gasteiger partial charge in [0.15, 0.2) is 11.0 Å². The number of nitro groups is 1. The first-order valence-corrected chi connectivity index (χ1v) is 10.5.